The van der Waals surface area contributed by atoms with E-state index < -0.39 is 0 Å². The molecule has 0 bridgehead atoms. The van der Waals surface area contributed by atoms with E-state index in [4.69, 9.17) is 28.9 Å². The van der Waals surface area contributed by atoms with Crippen LogP contribution in [0.3, 0.4) is 0 Å². The van der Waals surface area contributed by atoms with Crippen LogP contribution in [0, 0.1) is 5.92 Å². The van der Waals surface area contributed by atoms with Crippen LogP contribution in [0.25, 0.3) is 0 Å². The molecule has 0 aliphatic carbocycles. The van der Waals surface area contributed by atoms with Crippen LogP contribution in [0.4, 0.5) is 0 Å². The number of aliphatic imine (C=N–C) groups is 1. The lowest BCUT2D eigenvalue weighted by atomic mass is 9.95. The minimum atomic E-state index is -0.265. The molecule has 1 heterocycles. The molecule has 1 unspecified atom stereocenters. The number of amides is 2. The number of nitrogens with zero attached hydrogens (tertiary/aromatic N) is 2. The van der Waals surface area contributed by atoms with Gasteiger partial charge in [-0.25, -0.2) is 0 Å². The lowest BCUT2D eigenvalue weighted by Crippen LogP contribution is -2.47. The normalized spacial score (nSPS) is 16.7. The Morgan fingerprint density at radius 1 is 1.28 bits per heavy atom. The largest absolute Gasteiger partial charge is 0.370 e. The number of likely N-dealkylation sites (tertiary alicyclic amines) is 1. The van der Waals surface area contributed by atoms with Crippen molar-refractivity contribution in [3.63, 3.8) is 0 Å². The second-order valence-electron chi connectivity index (χ2n) is 6.75. The first-order valence-corrected chi connectivity index (χ1v) is 10.2. The first kappa shape index (κ1) is 25.8. The fraction of sp³-hybridized carbons (Fsp3) is 0.526. The van der Waals surface area contributed by atoms with Gasteiger partial charge in [-0.1, -0.05) is 23.2 Å². The first-order valence-electron chi connectivity index (χ1n) is 9.45. The van der Waals surface area contributed by atoms with Gasteiger partial charge in [-0.05, 0) is 43.9 Å². The Bertz CT molecular complexity index is 733. The quantitative estimate of drug-likeness (QED) is 0.208. The van der Waals surface area contributed by atoms with E-state index in [2.05, 4.69) is 20.5 Å². The van der Waals surface area contributed by atoms with Crippen molar-refractivity contribution < 1.29 is 9.59 Å². The number of piperidine rings is 1. The average molecular weight is 556 g/mol. The zero-order valence-electron chi connectivity index (χ0n) is 16.4. The van der Waals surface area contributed by atoms with Crippen LogP contribution in [-0.4, -0.2) is 55.4 Å². The fourth-order valence-corrected chi connectivity index (χ4v) is 3.50. The summed E-state index contributed by atoms with van der Waals surface area (Å²) in [7, 11) is 0. The molecule has 1 aromatic rings. The van der Waals surface area contributed by atoms with Crippen molar-refractivity contribution in [2.24, 2.45) is 16.6 Å². The summed E-state index contributed by atoms with van der Waals surface area (Å²) in [5.74, 6) is 0.557. The van der Waals surface area contributed by atoms with Crippen molar-refractivity contribution >= 4 is 65.0 Å². The third kappa shape index (κ3) is 8.55. The molecule has 2 amide bonds. The topological polar surface area (TPSA) is 99.8 Å². The molecule has 0 aromatic heterocycles. The highest BCUT2D eigenvalue weighted by atomic mass is 127. The molecule has 1 aromatic carbocycles. The Kier molecular flexibility index (Phi) is 11.7. The summed E-state index contributed by atoms with van der Waals surface area (Å²) in [5, 5.41) is 6.86. The third-order valence-corrected chi connectivity index (χ3v) is 5.22. The Labute approximate surface area is 198 Å². The predicted molar refractivity (Wildman–Crippen MR) is 128 cm³/mol. The molecule has 4 N–H and O–H groups in total. The van der Waals surface area contributed by atoms with Crippen LogP contribution in [0.15, 0.2) is 23.2 Å². The lowest BCUT2D eigenvalue weighted by Gasteiger charge is -2.34. The first-order chi connectivity index (χ1) is 13.4. The van der Waals surface area contributed by atoms with Crippen LogP contribution in [0.5, 0.6) is 0 Å². The van der Waals surface area contributed by atoms with Gasteiger partial charge in [0.1, 0.15) is 0 Å². The van der Waals surface area contributed by atoms with Crippen molar-refractivity contribution in [3.8, 4) is 0 Å². The number of hydrogen-bond donors (Lipinski definition) is 3. The zero-order chi connectivity index (χ0) is 20.5. The second kappa shape index (κ2) is 13.1. The molecule has 0 saturated carbocycles. The Morgan fingerprint density at radius 2 is 2.03 bits per heavy atom. The van der Waals surface area contributed by atoms with Crippen molar-refractivity contribution in [1.29, 1.82) is 0 Å². The number of primary amides is 1. The Morgan fingerprint density at radius 3 is 2.69 bits per heavy atom. The van der Waals surface area contributed by atoms with E-state index in [1.54, 1.807) is 18.2 Å². The zero-order valence-corrected chi connectivity index (χ0v) is 20.3. The van der Waals surface area contributed by atoms with Gasteiger partial charge in [-0.15, -0.1) is 24.0 Å². The van der Waals surface area contributed by atoms with Gasteiger partial charge in [0.25, 0.3) is 5.91 Å². The van der Waals surface area contributed by atoms with Crippen LogP contribution < -0.4 is 16.4 Å². The number of guanidine groups is 1. The number of benzene rings is 1. The van der Waals surface area contributed by atoms with Gasteiger partial charge in [0.2, 0.25) is 5.91 Å². The maximum absolute atomic E-state index is 12.2. The van der Waals surface area contributed by atoms with Gasteiger partial charge in [0, 0.05) is 38.2 Å². The average Bonchev–Trinajstić information content (AvgIpc) is 2.66. The standard InChI is InChI=1S/C19H27Cl2N5O2.HI/c1-2-23-19(26-9-3-4-13(12-26)10-17(22)27)25-8-7-24-18(28)14-5-6-15(20)16(21)11-14;/h5-6,11,13H,2-4,7-10,12H2,1H3,(H2,22,27)(H,23,25)(H,24,28);1H. The highest BCUT2D eigenvalue weighted by molar-refractivity contribution is 14.0. The van der Waals surface area contributed by atoms with Crippen molar-refractivity contribution in [3.05, 3.63) is 33.8 Å². The van der Waals surface area contributed by atoms with Crippen LogP contribution in [0.1, 0.15) is 36.5 Å². The van der Waals surface area contributed by atoms with E-state index in [9.17, 15) is 9.59 Å². The lowest BCUT2D eigenvalue weighted by molar-refractivity contribution is -0.119. The molecule has 0 radical (unpaired) electrons. The summed E-state index contributed by atoms with van der Waals surface area (Å²) in [6, 6.07) is 4.77. The Balaban J connectivity index is 0.00000420. The number of halogens is 3. The maximum Gasteiger partial charge on any atom is 0.251 e. The highest BCUT2D eigenvalue weighted by Gasteiger charge is 2.23. The van der Waals surface area contributed by atoms with E-state index in [1.807, 2.05) is 6.92 Å². The van der Waals surface area contributed by atoms with E-state index in [0.29, 0.717) is 35.1 Å². The SMILES string of the molecule is CCNC(=NCCNC(=O)c1ccc(Cl)c(Cl)c1)N1CCCC(CC(N)=O)C1.I. The maximum atomic E-state index is 12.2. The predicted octanol–water partition coefficient (Wildman–Crippen LogP) is 2.89. The minimum absolute atomic E-state index is 0. The Hall–Kier alpha value is -1.26. The number of hydrogen-bond acceptors (Lipinski definition) is 3. The molecule has 0 spiro atoms. The summed E-state index contributed by atoms with van der Waals surface area (Å²) in [6.45, 7) is 5.22. The molecule has 162 valence electrons. The number of nitrogens with one attached hydrogen (secondary N) is 2. The van der Waals surface area contributed by atoms with Crippen molar-refractivity contribution in [2.75, 3.05) is 32.7 Å². The summed E-state index contributed by atoms with van der Waals surface area (Å²) in [4.78, 5) is 30.2. The smallest absolute Gasteiger partial charge is 0.251 e. The van der Waals surface area contributed by atoms with E-state index in [-0.39, 0.29) is 41.7 Å². The highest BCUT2D eigenvalue weighted by Crippen LogP contribution is 2.22. The molecule has 1 aliphatic heterocycles. The number of carbonyl (C=O) groups is 2. The molecule has 1 saturated heterocycles. The number of nitrogens with two attached hydrogens (primary N) is 1. The summed E-state index contributed by atoms with van der Waals surface area (Å²) >= 11 is 11.8. The molecular weight excluding hydrogens is 528 g/mol. The molecule has 10 heteroatoms. The summed E-state index contributed by atoms with van der Waals surface area (Å²) < 4.78 is 0. The number of rotatable bonds is 7. The van der Waals surface area contributed by atoms with Gasteiger partial charge >= 0.3 is 0 Å². The molecule has 29 heavy (non-hydrogen) atoms. The molecule has 7 nitrogen and oxygen atoms in total. The van der Waals surface area contributed by atoms with Crippen molar-refractivity contribution in [1.82, 2.24) is 15.5 Å². The monoisotopic (exact) mass is 555 g/mol. The minimum Gasteiger partial charge on any atom is -0.370 e. The molecular formula is C19H28Cl2IN5O2. The summed E-state index contributed by atoms with van der Waals surface area (Å²) in [5.41, 5.74) is 5.79. The summed E-state index contributed by atoms with van der Waals surface area (Å²) in [6.07, 6.45) is 2.39. The van der Waals surface area contributed by atoms with Gasteiger partial charge in [-0.3, -0.25) is 14.6 Å². The van der Waals surface area contributed by atoms with Gasteiger partial charge in [-0.2, -0.15) is 0 Å². The second-order valence-corrected chi connectivity index (χ2v) is 7.56. The third-order valence-electron chi connectivity index (χ3n) is 4.48. The van der Waals surface area contributed by atoms with Crippen LogP contribution in [-0.2, 0) is 4.79 Å². The fourth-order valence-electron chi connectivity index (χ4n) is 3.21. The van der Waals surface area contributed by atoms with E-state index in [1.165, 1.54) is 0 Å². The van der Waals surface area contributed by atoms with E-state index in [0.717, 1.165) is 38.4 Å². The molecule has 1 fully saturated rings. The van der Waals surface area contributed by atoms with Crippen LogP contribution in [0.2, 0.25) is 10.0 Å². The van der Waals surface area contributed by atoms with Gasteiger partial charge < -0.3 is 21.3 Å². The van der Waals surface area contributed by atoms with E-state index >= 15 is 0 Å². The van der Waals surface area contributed by atoms with Crippen LogP contribution >= 0.6 is 47.2 Å². The van der Waals surface area contributed by atoms with Gasteiger partial charge in [0.05, 0.1) is 16.6 Å². The molecule has 1 aliphatic rings. The molecule has 2 rings (SSSR count). The van der Waals surface area contributed by atoms with Crippen molar-refractivity contribution in [2.45, 2.75) is 26.2 Å². The molecule has 1 atom stereocenters. The number of carbonyl (C=O) groups excluding carboxylic acids is 2. The van der Waals surface area contributed by atoms with Gasteiger partial charge in [0.15, 0.2) is 5.96 Å².